The number of nitrogens with one attached hydrogen (secondary N) is 1. The van der Waals surface area contributed by atoms with Gasteiger partial charge in [-0.1, -0.05) is 25.5 Å². The van der Waals surface area contributed by atoms with Gasteiger partial charge in [0.1, 0.15) is 12.4 Å². The average Bonchev–Trinajstić information content (AvgIpc) is 2.43. The molecule has 0 aromatic heterocycles. The van der Waals surface area contributed by atoms with Crippen LogP contribution in [0.25, 0.3) is 0 Å². The van der Waals surface area contributed by atoms with Crippen molar-refractivity contribution in [3.05, 3.63) is 29.8 Å². The van der Waals surface area contributed by atoms with Crippen LogP contribution in [-0.4, -0.2) is 43.2 Å². The maximum Gasteiger partial charge on any atom is 0.119 e. The van der Waals surface area contributed by atoms with E-state index >= 15 is 0 Å². The predicted octanol–water partition coefficient (Wildman–Crippen LogP) is 2.84. The molecule has 2 atom stereocenters. The van der Waals surface area contributed by atoms with Gasteiger partial charge in [-0.2, -0.15) is 0 Å². The van der Waals surface area contributed by atoms with Gasteiger partial charge < -0.3 is 10.1 Å². The summed E-state index contributed by atoms with van der Waals surface area (Å²) in [6.45, 7) is 10.7. The first-order valence-electron chi connectivity index (χ1n) is 7.86. The summed E-state index contributed by atoms with van der Waals surface area (Å²) in [5, 5.41) is 3.63. The SMILES string of the molecule is CCCC1CN(CCOc2cccc(C)c2)C(C)CN1. The topological polar surface area (TPSA) is 24.5 Å². The van der Waals surface area contributed by atoms with Crippen LogP contribution in [0.1, 0.15) is 32.3 Å². The maximum atomic E-state index is 5.87. The molecule has 1 aliphatic heterocycles. The fraction of sp³-hybridized carbons (Fsp3) is 0.647. The number of hydrogen-bond donors (Lipinski definition) is 1. The average molecular weight is 276 g/mol. The second-order valence-corrected chi connectivity index (χ2v) is 5.90. The Bertz CT molecular complexity index is 408. The van der Waals surface area contributed by atoms with Crippen LogP contribution in [0.5, 0.6) is 5.75 Å². The van der Waals surface area contributed by atoms with Crippen molar-refractivity contribution >= 4 is 0 Å². The molecule has 20 heavy (non-hydrogen) atoms. The molecule has 112 valence electrons. The molecule has 2 unspecified atom stereocenters. The van der Waals surface area contributed by atoms with Gasteiger partial charge in [0.2, 0.25) is 0 Å². The van der Waals surface area contributed by atoms with Crippen molar-refractivity contribution in [1.29, 1.82) is 0 Å². The van der Waals surface area contributed by atoms with Gasteiger partial charge in [0.05, 0.1) is 0 Å². The van der Waals surface area contributed by atoms with Crippen LogP contribution in [0.2, 0.25) is 0 Å². The Hall–Kier alpha value is -1.06. The molecule has 1 N–H and O–H groups in total. The Morgan fingerprint density at radius 2 is 2.25 bits per heavy atom. The highest BCUT2D eigenvalue weighted by atomic mass is 16.5. The predicted molar refractivity (Wildman–Crippen MR) is 84.4 cm³/mol. The van der Waals surface area contributed by atoms with Crippen LogP contribution in [0.4, 0.5) is 0 Å². The van der Waals surface area contributed by atoms with Gasteiger partial charge in [-0.15, -0.1) is 0 Å². The lowest BCUT2D eigenvalue weighted by atomic mass is 10.1. The Morgan fingerprint density at radius 1 is 1.40 bits per heavy atom. The lowest BCUT2D eigenvalue weighted by Gasteiger charge is -2.38. The van der Waals surface area contributed by atoms with Gasteiger partial charge in [-0.05, 0) is 38.0 Å². The second kappa shape index (κ2) is 7.65. The third kappa shape index (κ3) is 4.50. The molecule has 0 saturated carbocycles. The quantitative estimate of drug-likeness (QED) is 0.864. The van der Waals surface area contributed by atoms with E-state index in [1.54, 1.807) is 0 Å². The summed E-state index contributed by atoms with van der Waals surface area (Å²) in [6, 6.07) is 9.53. The van der Waals surface area contributed by atoms with Crippen molar-refractivity contribution in [2.24, 2.45) is 0 Å². The van der Waals surface area contributed by atoms with Gasteiger partial charge in [0.25, 0.3) is 0 Å². The summed E-state index contributed by atoms with van der Waals surface area (Å²) in [6.07, 6.45) is 2.52. The Morgan fingerprint density at radius 3 is 3.00 bits per heavy atom. The Kier molecular flexibility index (Phi) is 5.86. The molecule has 0 amide bonds. The van der Waals surface area contributed by atoms with Crippen molar-refractivity contribution in [2.45, 2.75) is 45.7 Å². The maximum absolute atomic E-state index is 5.87. The molecular weight excluding hydrogens is 248 g/mol. The van der Waals surface area contributed by atoms with E-state index in [2.05, 4.69) is 49.2 Å². The third-order valence-corrected chi connectivity index (χ3v) is 4.05. The molecule has 0 spiro atoms. The molecule has 0 radical (unpaired) electrons. The van der Waals surface area contributed by atoms with Crippen LogP contribution >= 0.6 is 0 Å². The highest BCUT2D eigenvalue weighted by Gasteiger charge is 2.23. The van der Waals surface area contributed by atoms with Crippen molar-refractivity contribution < 1.29 is 4.74 Å². The van der Waals surface area contributed by atoms with Gasteiger partial charge >= 0.3 is 0 Å². The third-order valence-electron chi connectivity index (χ3n) is 4.05. The van der Waals surface area contributed by atoms with E-state index in [9.17, 15) is 0 Å². The lowest BCUT2D eigenvalue weighted by Crippen LogP contribution is -2.56. The fourth-order valence-electron chi connectivity index (χ4n) is 2.83. The highest BCUT2D eigenvalue weighted by molar-refractivity contribution is 5.27. The van der Waals surface area contributed by atoms with Gasteiger partial charge in [0, 0.05) is 31.7 Å². The number of aryl methyl sites for hydroxylation is 1. The molecule has 0 bridgehead atoms. The standard InChI is InChI=1S/C17H28N2O/c1-4-6-16-13-19(15(3)12-18-16)9-10-20-17-8-5-7-14(2)11-17/h5,7-8,11,15-16,18H,4,6,9-10,12-13H2,1-3H3. The lowest BCUT2D eigenvalue weighted by molar-refractivity contribution is 0.115. The molecule has 1 aromatic rings. The number of rotatable bonds is 6. The minimum atomic E-state index is 0.601. The minimum absolute atomic E-state index is 0.601. The zero-order valence-electron chi connectivity index (χ0n) is 13.1. The van der Waals surface area contributed by atoms with Crippen molar-refractivity contribution in [3.63, 3.8) is 0 Å². The summed E-state index contributed by atoms with van der Waals surface area (Å²) in [4.78, 5) is 2.55. The van der Waals surface area contributed by atoms with E-state index in [0.717, 1.165) is 32.0 Å². The molecule has 2 rings (SSSR count). The fourth-order valence-corrected chi connectivity index (χ4v) is 2.83. The number of nitrogens with zero attached hydrogens (tertiary/aromatic N) is 1. The Balaban J connectivity index is 1.77. The molecule has 3 nitrogen and oxygen atoms in total. The number of piperazine rings is 1. The van der Waals surface area contributed by atoms with Gasteiger partial charge in [-0.25, -0.2) is 0 Å². The molecule has 1 aliphatic rings. The van der Waals surface area contributed by atoms with Crippen LogP contribution in [0, 0.1) is 6.92 Å². The minimum Gasteiger partial charge on any atom is -0.492 e. The molecule has 1 aromatic carbocycles. The van der Waals surface area contributed by atoms with Crippen LogP contribution in [0.3, 0.4) is 0 Å². The molecular formula is C17H28N2O. The summed E-state index contributed by atoms with van der Waals surface area (Å²) < 4.78 is 5.87. The van der Waals surface area contributed by atoms with Crippen LogP contribution in [0.15, 0.2) is 24.3 Å². The zero-order valence-corrected chi connectivity index (χ0v) is 13.1. The molecule has 1 saturated heterocycles. The Labute approximate surface area is 123 Å². The molecule has 1 fully saturated rings. The largest absolute Gasteiger partial charge is 0.492 e. The van der Waals surface area contributed by atoms with Crippen molar-refractivity contribution in [3.8, 4) is 5.75 Å². The number of hydrogen-bond acceptors (Lipinski definition) is 3. The van der Waals surface area contributed by atoms with Crippen LogP contribution in [-0.2, 0) is 0 Å². The summed E-state index contributed by atoms with van der Waals surface area (Å²) in [7, 11) is 0. The second-order valence-electron chi connectivity index (χ2n) is 5.90. The van der Waals surface area contributed by atoms with E-state index in [4.69, 9.17) is 4.74 Å². The number of ether oxygens (including phenoxy) is 1. The van der Waals surface area contributed by atoms with E-state index in [0.29, 0.717) is 12.1 Å². The smallest absolute Gasteiger partial charge is 0.119 e. The summed E-state index contributed by atoms with van der Waals surface area (Å²) >= 11 is 0. The van der Waals surface area contributed by atoms with Gasteiger partial charge in [-0.3, -0.25) is 4.90 Å². The first kappa shape index (κ1) is 15.3. The zero-order chi connectivity index (χ0) is 14.4. The van der Waals surface area contributed by atoms with Crippen molar-refractivity contribution in [2.75, 3.05) is 26.2 Å². The highest BCUT2D eigenvalue weighted by Crippen LogP contribution is 2.13. The molecule has 3 heteroatoms. The van der Waals surface area contributed by atoms with Crippen LogP contribution < -0.4 is 10.1 Å². The molecule has 0 aliphatic carbocycles. The van der Waals surface area contributed by atoms with Crippen molar-refractivity contribution in [1.82, 2.24) is 10.2 Å². The van der Waals surface area contributed by atoms with Gasteiger partial charge in [0.15, 0.2) is 0 Å². The van der Waals surface area contributed by atoms with E-state index < -0.39 is 0 Å². The molecule has 1 heterocycles. The monoisotopic (exact) mass is 276 g/mol. The van der Waals surface area contributed by atoms with E-state index in [1.165, 1.54) is 18.4 Å². The first-order chi connectivity index (χ1) is 9.69. The van der Waals surface area contributed by atoms with E-state index in [-0.39, 0.29) is 0 Å². The van der Waals surface area contributed by atoms with E-state index in [1.807, 2.05) is 6.07 Å². The number of benzene rings is 1. The summed E-state index contributed by atoms with van der Waals surface area (Å²) in [5.74, 6) is 0.984. The normalized spacial score (nSPS) is 23.8. The first-order valence-corrected chi connectivity index (χ1v) is 7.86. The summed E-state index contributed by atoms with van der Waals surface area (Å²) in [5.41, 5.74) is 1.25.